The van der Waals surface area contributed by atoms with E-state index in [0.717, 1.165) is 126 Å². The third-order valence-electron chi connectivity index (χ3n) is 19.2. The Bertz CT molecular complexity index is 7010. The first-order valence-corrected chi connectivity index (χ1v) is 49.8. The summed E-state index contributed by atoms with van der Waals surface area (Å²) in [5, 5.41) is 120. The Morgan fingerprint density at radius 1 is 0.507 bits per heavy atom. The minimum atomic E-state index is -0.719. The molecule has 4 aliphatic heterocycles. The first-order chi connectivity index (χ1) is 68.3. The fourth-order valence-electron chi connectivity index (χ4n) is 12.8. The molecule has 49 heteroatoms. The van der Waals surface area contributed by atoms with Crippen LogP contribution in [0.3, 0.4) is 0 Å². The third kappa shape index (κ3) is 31.9. The van der Waals surface area contributed by atoms with Crippen LogP contribution in [-0.2, 0) is 35.3 Å². The van der Waals surface area contributed by atoms with Crippen molar-refractivity contribution >= 4 is 167 Å². The van der Waals surface area contributed by atoms with E-state index in [1.807, 2.05) is 133 Å². The summed E-state index contributed by atoms with van der Waals surface area (Å²) in [6, 6.07) is 45.8. The summed E-state index contributed by atoms with van der Waals surface area (Å²) in [6.45, 7) is 19.2. The number of thioether (sulfide) groups is 7. The van der Waals surface area contributed by atoms with Crippen LogP contribution in [-0.4, -0.2) is 244 Å². The minimum absolute atomic E-state index is 0.0143. The number of aliphatic hydroxyl groups excluding tert-OH is 2. The number of aromatic amines is 6. The molecule has 10 N–H and O–H groups in total. The normalized spacial score (nSPS) is 12.6. The number of ketones is 5. The average Bonchev–Trinajstić information content (AvgIpc) is 0.890. The Kier molecular flexibility index (Phi) is 38.8. The molecule has 0 aliphatic carbocycles. The lowest BCUT2D eigenvalue weighted by atomic mass is 10.1. The zero-order valence-electron chi connectivity index (χ0n) is 77.1. The fraction of sp³-hybridized carbons (Fsp3) is 0.237. The average molecular weight is 2060 g/mol. The van der Waals surface area contributed by atoms with Gasteiger partial charge in [0.05, 0.1) is 97.8 Å². The van der Waals surface area contributed by atoms with Gasteiger partial charge in [-0.05, 0) is 132 Å². The second-order valence-corrected chi connectivity index (χ2v) is 37.6. The summed E-state index contributed by atoms with van der Waals surface area (Å²) in [7, 11) is 1.29. The standard InChI is InChI=1S/C15H15N5OS.C15H16N4O2S.C14H13N3OS.C14H14N2O3S.C12H12N4O5S.C12H13N3OS.C11H10N4O4S/c1-11(21)10-22-15-17-14(18-19-15)13-5-2-4-12(8-13)9-20-7-3-6-16-20;1-10(20)9-22-15-16-14(17-18-15)11-4-6-12(7-5-11)19-8-2-3-13(19)21;1-9(18)8-19-13-7-12(16-17-13)11-4-2-3-10-5-6-15-14(10)11;1-9(17)8-20-14-7-11(15-16-14)10-2-3-12-13(6-10)19-5-4-18-12;1-6(17)5-22-12-13-11(14-15-12)7-3-8(16(19)20)10(18)9(4-7)21-2;1-8-4-3-5-10(6-8)11-13-12(15-14-11)17-7-9(2)16;1-6(16)5-20-11-12-10(13-14-11)8-4-7(15(18)19)2-3-9(8)17/h2-8H,9-10H2,1H3,(H,17,18,19);4-7H,2-3,8-9H2,1H3,(H,16,17,18);2-6,15,18H,1,7-8H2;2-3,6,17H,1,4-5,7-8H2;3-4,18H,5H2,1-2H3,(H,13,14,15);3-6H,7H2,1-2H3,(H,13,14,15);2-4,17H,5H2,1H3,(H,12,13,14). The topological polar surface area (TPSA) is 591 Å². The van der Waals surface area contributed by atoms with Crippen LogP contribution >= 0.6 is 82.3 Å². The number of para-hydroxylation sites is 1. The van der Waals surface area contributed by atoms with Crippen molar-refractivity contribution < 1.29 is 73.3 Å². The maximum atomic E-state index is 11.7. The number of nitrogens with one attached hydrogen (secondary N) is 6. The Balaban J connectivity index is 0.000000148. The number of anilines is 1. The predicted octanol–water partition coefficient (Wildman–Crippen LogP) is 16.9. The predicted molar refractivity (Wildman–Crippen MR) is 548 cm³/mol. The molecular weight excluding hydrogens is 1960 g/mol. The van der Waals surface area contributed by atoms with E-state index >= 15 is 0 Å². The molecule has 0 radical (unpaired) electrons. The fourth-order valence-corrected chi connectivity index (χ4v) is 17.1. The number of nitrogens with zero attached hydrogens (tertiary/aromatic N) is 19. The van der Waals surface area contributed by atoms with E-state index in [2.05, 4.69) is 132 Å². The molecular formula is C93H93N25O17S7. The van der Waals surface area contributed by atoms with Crippen LogP contribution in [0.1, 0.15) is 82.6 Å². The highest BCUT2D eigenvalue weighted by Crippen LogP contribution is 2.41. The zero-order chi connectivity index (χ0) is 101. The van der Waals surface area contributed by atoms with Crippen molar-refractivity contribution in [2.45, 2.75) is 99.6 Å². The maximum Gasteiger partial charge on any atom is 0.315 e. The molecule has 7 aromatic heterocycles. The van der Waals surface area contributed by atoms with Crippen molar-refractivity contribution in [3.8, 4) is 85.7 Å². The number of methoxy groups -OCH3 is 1. The molecule has 0 unspecified atom stereocenters. The van der Waals surface area contributed by atoms with Crippen LogP contribution < -0.4 is 19.1 Å². The van der Waals surface area contributed by atoms with Crippen molar-refractivity contribution in [3.63, 3.8) is 0 Å². The summed E-state index contributed by atoms with van der Waals surface area (Å²) in [6.07, 6.45) is 8.53. The number of amides is 1. The molecule has 0 bridgehead atoms. The molecule has 142 heavy (non-hydrogen) atoms. The van der Waals surface area contributed by atoms with Crippen LogP contribution in [0.5, 0.6) is 28.7 Å². The Hall–Kier alpha value is -15.2. The van der Waals surface area contributed by atoms with Crippen LogP contribution in [0, 0.1) is 27.2 Å². The molecule has 7 aromatic carbocycles. The molecule has 734 valence electrons. The smallest absolute Gasteiger partial charge is 0.315 e. The molecule has 42 nitrogen and oxygen atoms in total. The summed E-state index contributed by atoms with van der Waals surface area (Å²) in [5.74, 6) is 6.67. The number of fused-ring (bicyclic) bond motifs is 2. The van der Waals surface area contributed by atoms with Crippen molar-refractivity contribution in [1.29, 1.82) is 0 Å². The molecule has 4 aliphatic rings. The number of aryl methyl sites for hydroxylation is 1. The van der Waals surface area contributed by atoms with Gasteiger partial charge in [-0.1, -0.05) is 132 Å². The van der Waals surface area contributed by atoms with Crippen LogP contribution in [0.25, 0.3) is 67.8 Å². The maximum absolute atomic E-state index is 11.7. The first-order valence-electron chi connectivity index (χ1n) is 42.9. The van der Waals surface area contributed by atoms with Crippen molar-refractivity contribution in [1.82, 2.24) is 90.7 Å². The van der Waals surface area contributed by atoms with Crippen LogP contribution in [0.2, 0.25) is 0 Å². The number of rotatable bonds is 32. The van der Waals surface area contributed by atoms with Gasteiger partial charge < -0.3 is 44.5 Å². The number of ether oxygens (including phenoxy) is 3. The number of phenolic OH excluding ortho intramolecular Hbond substituents is 2. The van der Waals surface area contributed by atoms with Gasteiger partial charge in [-0.15, -0.1) is 59.2 Å². The number of carbonyl (C=O) groups excluding carboxylic acids is 6. The van der Waals surface area contributed by atoms with Gasteiger partial charge >= 0.3 is 5.69 Å². The highest BCUT2D eigenvalue weighted by Gasteiger charge is 2.27. The molecule has 11 heterocycles. The number of non-ortho nitro benzene ring substituents is 1. The van der Waals surface area contributed by atoms with Crippen LogP contribution in [0.15, 0.2) is 241 Å². The molecule has 0 spiro atoms. The van der Waals surface area contributed by atoms with Gasteiger partial charge in [0.25, 0.3) is 5.69 Å². The minimum Gasteiger partial charge on any atom is -0.512 e. The number of H-pyrrole nitrogens is 6. The summed E-state index contributed by atoms with van der Waals surface area (Å²) >= 11 is 9.21. The van der Waals surface area contributed by atoms with Gasteiger partial charge in [0, 0.05) is 107 Å². The van der Waals surface area contributed by atoms with E-state index in [-0.39, 0.29) is 92.2 Å². The second kappa shape index (κ2) is 52.2. The third-order valence-corrected chi connectivity index (χ3v) is 26.3. The number of aromatic hydroxyl groups is 2. The number of Topliss-reactive ketones (excluding diaryl/α,β-unsaturated/α-hetero) is 5. The highest BCUT2D eigenvalue weighted by molar-refractivity contribution is 8.14. The number of aromatic nitrogens is 18. The SMILES string of the molecule is C=C(O)CSC1=NN=C(c2ccc3c(c2)OCCO3)C1.C=C(O)CSC1=NN=C(c2cccc3cc[nH]c23)C1.CC(=O)CSc1n[nH]c(-c2cc([N+](=O)[O-])ccc2O)n1.CC(=O)CSc1n[nH]c(-c2ccc(N3CCCC3=O)cc2)n1.CC(=O)CSc1n[nH]c(-c2cccc(C)c2)n1.CC(=O)CSc1n[nH]c(-c2cccc(Cn3cccn3)c2)n1.COc1cc(-c2nc(SCC(C)=O)n[nH]2)cc([N+](=O)[O-])c1O. The first kappa shape index (κ1) is 106. The molecule has 0 atom stereocenters. The number of nitro groups is 2. The van der Waals surface area contributed by atoms with Gasteiger partial charge in [0.15, 0.2) is 46.4 Å². The Morgan fingerprint density at radius 2 is 1.01 bits per heavy atom. The molecule has 1 amide bonds. The molecule has 14 aromatic rings. The second-order valence-electron chi connectivity index (χ2n) is 30.8. The van der Waals surface area contributed by atoms with Crippen molar-refractivity contribution in [2.24, 2.45) is 20.4 Å². The Labute approximate surface area is 839 Å². The number of aliphatic hydroxyl groups is 2. The number of hydrogen-bond donors (Lipinski definition) is 10. The largest absolute Gasteiger partial charge is 0.512 e. The number of nitro benzene ring substituents is 2. The van der Waals surface area contributed by atoms with Crippen molar-refractivity contribution in [3.05, 3.63) is 237 Å². The number of benzene rings is 7. The molecule has 1 saturated heterocycles. The van der Waals surface area contributed by atoms with Crippen LogP contribution in [0.4, 0.5) is 17.1 Å². The summed E-state index contributed by atoms with van der Waals surface area (Å²) < 4.78 is 17.8. The quantitative estimate of drug-likeness (QED) is 0.00810. The lowest BCUT2D eigenvalue weighted by Gasteiger charge is -2.18. The monoisotopic (exact) mass is 2060 g/mol. The van der Waals surface area contributed by atoms with E-state index in [0.29, 0.717) is 111 Å². The van der Waals surface area contributed by atoms with Gasteiger partial charge in [-0.25, -0.2) is 24.9 Å². The number of carbonyl (C=O) groups is 6. The van der Waals surface area contributed by atoms with Gasteiger partial charge in [-0.2, -0.15) is 15.3 Å². The van der Waals surface area contributed by atoms with E-state index in [9.17, 15) is 59.2 Å². The lowest BCUT2D eigenvalue weighted by Crippen LogP contribution is -2.23. The number of hydrogen-bond acceptors (Lipinski definition) is 39. The summed E-state index contributed by atoms with van der Waals surface area (Å²) in [4.78, 5) is 113. The lowest BCUT2D eigenvalue weighted by molar-refractivity contribution is -0.385. The van der Waals surface area contributed by atoms with Crippen molar-refractivity contribution in [2.75, 3.05) is 72.0 Å². The zero-order valence-corrected chi connectivity index (χ0v) is 82.9. The van der Waals surface area contributed by atoms with E-state index < -0.39 is 21.3 Å². The molecule has 1 fully saturated rings. The number of phenols is 2. The van der Waals surface area contributed by atoms with Gasteiger partial charge in [0.1, 0.15) is 58.0 Å². The molecule has 0 saturated carbocycles. The Morgan fingerprint density at radius 3 is 1.53 bits per heavy atom. The summed E-state index contributed by atoms with van der Waals surface area (Å²) in [5.41, 5.74) is 11.0. The highest BCUT2D eigenvalue weighted by atomic mass is 32.2. The van der Waals surface area contributed by atoms with Gasteiger partial charge in [-0.3, -0.25) is 79.2 Å². The molecule has 18 rings (SSSR count). The van der Waals surface area contributed by atoms with Gasteiger partial charge in [0.2, 0.25) is 37.4 Å². The van der Waals surface area contributed by atoms with E-state index in [1.165, 1.54) is 115 Å². The van der Waals surface area contributed by atoms with E-state index in [1.54, 1.807) is 31.9 Å². The van der Waals surface area contributed by atoms with E-state index in [4.69, 9.17) is 24.4 Å².